The van der Waals surface area contributed by atoms with E-state index in [1.807, 2.05) is 12.1 Å². The highest BCUT2D eigenvalue weighted by atomic mass is 16.6. The molecule has 0 spiro atoms. The molecule has 0 aliphatic heterocycles. The quantitative estimate of drug-likeness (QED) is 0.654. The Kier molecular flexibility index (Phi) is 4.13. The smallest absolute Gasteiger partial charge is 0.269 e. The summed E-state index contributed by atoms with van der Waals surface area (Å²) in [6.07, 6.45) is 0.998. The van der Waals surface area contributed by atoms with Crippen LogP contribution in [0.5, 0.6) is 0 Å². The number of nitrogens with zero attached hydrogens (tertiary/aromatic N) is 1. The second kappa shape index (κ2) is 6.00. The summed E-state index contributed by atoms with van der Waals surface area (Å²) in [4.78, 5) is 10.2. The van der Waals surface area contributed by atoms with E-state index in [4.69, 9.17) is 0 Å². The van der Waals surface area contributed by atoms with Crippen molar-refractivity contribution in [2.75, 3.05) is 5.32 Å². The van der Waals surface area contributed by atoms with Crippen molar-refractivity contribution < 1.29 is 4.92 Å². The van der Waals surface area contributed by atoms with Crippen LogP contribution in [0.1, 0.15) is 18.1 Å². The zero-order valence-corrected chi connectivity index (χ0v) is 10.8. The minimum Gasteiger partial charge on any atom is -0.381 e. The molecule has 0 heterocycles. The summed E-state index contributed by atoms with van der Waals surface area (Å²) in [5, 5.41) is 13.8. The molecule has 0 atom stereocenters. The van der Waals surface area contributed by atoms with E-state index in [-0.39, 0.29) is 5.69 Å². The summed E-state index contributed by atoms with van der Waals surface area (Å²) >= 11 is 0. The third-order valence-corrected chi connectivity index (χ3v) is 3.06. The van der Waals surface area contributed by atoms with E-state index in [1.54, 1.807) is 12.1 Å². The van der Waals surface area contributed by atoms with E-state index in [0.29, 0.717) is 0 Å². The Morgan fingerprint density at radius 3 is 2.26 bits per heavy atom. The van der Waals surface area contributed by atoms with Crippen molar-refractivity contribution in [3.8, 4) is 0 Å². The summed E-state index contributed by atoms with van der Waals surface area (Å²) in [5.74, 6) is 0. The lowest BCUT2D eigenvalue weighted by atomic mass is 10.1. The number of hydrogen-bond acceptors (Lipinski definition) is 3. The van der Waals surface area contributed by atoms with Crippen molar-refractivity contribution in [1.82, 2.24) is 0 Å². The third-order valence-electron chi connectivity index (χ3n) is 3.06. The second-order valence-electron chi connectivity index (χ2n) is 4.28. The fraction of sp³-hybridized carbons (Fsp3) is 0.200. The first-order valence-electron chi connectivity index (χ1n) is 6.26. The molecule has 4 nitrogen and oxygen atoms in total. The standard InChI is InChI=1S/C15H16N2O2/c1-2-12-5-3-4-6-13(12)11-16-14-7-9-15(10-8-14)17(18)19/h3-10,16H,2,11H2,1H3. The van der Waals surface area contributed by atoms with Crippen LogP contribution in [0.3, 0.4) is 0 Å². The number of rotatable bonds is 5. The molecule has 0 amide bonds. The largest absolute Gasteiger partial charge is 0.381 e. The maximum atomic E-state index is 10.6. The number of hydrogen-bond donors (Lipinski definition) is 1. The van der Waals surface area contributed by atoms with E-state index in [0.717, 1.165) is 18.7 Å². The fourth-order valence-electron chi connectivity index (χ4n) is 1.97. The molecule has 0 saturated heterocycles. The van der Waals surface area contributed by atoms with Crippen LogP contribution in [0.15, 0.2) is 48.5 Å². The van der Waals surface area contributed by atoms with Gasteiger partial charge in [0, 0.05) is 24.4 Å². The van der Waals surface area contributed by atoms with Gasteiger partial charge in [0.25, 0.3) is 5.69 Å². The van der Waals surface area contributed by atoms with Gasteiger partial charge < -0.3 is 5.32 Å². The number of nitro groups is 1. The number of benzene rings is 2. The number of anilines is 1. The van der Waals surface area contributed by atoms with Crippen molar-refractivity contribution in [3.63, 3.8) is 0 Å². The predicted molar refractivity (Wildman–Crippen MR) is 76.2 cm³/mol. The fourth-order valence-corrected chi connectivity index (χ4v) is 1.97. The summed E-state index contributed by atoms with van der Waals surface area (Å²) < 4.78 is 0. The van der Waals surface area contributed by atoms with Gasteiger partial charge in [-0.15, -0.1) is 0 Å². The van der Waals surface area contributed by atoms with Crippen LogP contribution >= 0.6 is 0 Å². The molecule has 4 heteroatoms. The second-order valence-corrected chi connectivity index (χ2v) is 4.28. The maximum Gasteiger partial charge on any atom is 0.269 e. The molecule has 0 fully saturated rings. The van der Waals surface area contributed by atoms with Gasteiger partial charge in [0.1, 0.15) is 0 Å². The van der Waals surface area contributed by atoms with Crippen LogP contribution < -0.4 is 5.32 Å². The molecule has 0 aliphatic carbocycles. The van der Waals surface area contributed by atoms with Crippen LogP contribution in [-0.2, 0) is 13.0 Å². The van der Waals surface area contributed by atoms with Gasteiger partial charge in [0.05, 0.1) is 4.92 Å². The van der Waals surface area contributed by atoms with Crippen molar-refractivity contribution in [1.29, 1.82) is 0 Å². The van der Waals surface area contributed by atoms with E-state index in [9.17, 15) is 10.1 Å². The molecule has 0 unspecified atom stereocenters. The van der Waals surface area contributed by atoms with Gasteiger partial charge in [-0.05, 0) is 29.7 Å². The van der Waals surface area contributed by atoms with Crippen molar-refractivity contribution in [2.24, 2.45) is 0 Å². The van der Waals surface area contributed by atoms with E-state index in [1.165, 1.54) is 23.3 Å². The summed E-state index contributed by atoms with van der Waals surface area (Å²) in [7, 11) is 0. The minimum absolute atomic E-state index is 0.111. The summed E-state index contributed by atoms with van der Waals surface area (Å²) in [6, 6.07) is 14.7. The van der Waals surface area contributed by atoms with E-state index >= 15 is 0 Å². The highest BCUT2D eigenvalue weighted by molar-refractivity contribution is 5.49. The lowest BCUT2D eigenvalue weighted by Gasteiger charge is -2.10. The number of aryl methyl sites for hydroxylation is 1. The monoisotopic (exact) mass is 256 g/mol. The van der Waals surface area contributed by atoms with Gasteiger partial charge in [-0.2, -0.15) is 0 Å². The lowest BCUT2D eigenvalue weighted by molar-refractivity contribution is -0.384. The first kappa shape index (κ1) is 13.1. The zero-order chi connectivity index (χ0) is 13.7. The zero-order valence-electron chi connectivity index (χ0n) is 10.8. The molecular weight excluding hydrogens is 240 g/mol. The van der Waals surface area contributed by atoms with Crippen LogP contribution in [0.25, 0.3) is 0 Å². The van der Waals surface area contributed by atoms with Gasteiger partial charge >= 0.3 is 0 Å². The van der Waals surface area contributed by atoms with Crippen molar-refractivity contribution in [3.05, 3.63) is 69.8 Å². The normalized spacial score (nSPS) is 10.2. The third kappa shape index (κ3) is 3.31. The van der Waals surface area contributed by atoms with Gasteiger partial charge in [-0.25, -0.2) is 0 Å². The Morgan fingerprint density at radius 1 is 1.05 bits per heavy atom. The molecule has 2 rings (SSSR count). The molecule has 0 aliphatic rings. The van der Waals surface area contributed by atoms with Crippen LogP contribution in [-0.4, -0.2) is 4.92 Å². The molecular formula is C15H16N2O2. The van der Waals surface area contributed by atoms with Gasteiger partial charge in [-0.1, -0.05) is 31.2 Å². The predicted octanol–water partition coefficient (Wildman–Crippen LogP) is 3.77. The number of nitrogens with one attached hydrogen (secondary N) is 1. The van der Waals surface area contributed by atoms with Gasteiger partial charge in [0.2, 0.25) is 0 Å². The van der Waals surface area contributed by atoms with Crippen molar-refractivity contribution >= 4 is 11.4 Å². The molecule has 0 saturated carbocycles. The van der Waals surface area contributed by atoms with E-state index in [2.05, 4.69) is 24.4 Å². The summed E-state index contributed by atoms with van der Waals surface area (Å²) in [6.45, 7) is 2.85. The molecule has 0 radical (unpaired) electrons. The Labute approximate surface area is 112 Å². The molecule has 0 aromatic heterocycles. The Hall–Kier alpha value is -2.36. The molecule has 98 valence electrons. The van der Waals surface area contributed by atoms with E-state index < -0.39 is 4.92 Å². The first-order chi connectivity index (χ1) is 9.20. The lowest BCUT2D eigenvalue weighted by Crippen LogP contribution is -2.02. The first-order valence-corrected chi connectivity index (χ1v) is 6.26. The molecule has 19 heavy (non-hydrogen) atoms. The summed E-state index contributed by atoms with van der Waals surface area (Å²) in [5.41, 5.74) is 3.57. The minimum atomic E-state index is -0.393. The molecule has 1 N–H and O–H groups in total. The van der Waals surface area contributed by atoms with Crippen LogP contribution in [0.2, 0.25) is 0 Å². The van der Waals surface area contributed by atoms with Gasteiger partial charge in [-0.3, -0.25) is 10.1 Å². The number of nitro benzene ring substituents is 1. The Balaban J connectivity index is 2.04. The van der Waals surface area contributed by atoms with Crippen LogP contribution in [0.4, 0.5) is 11.4 Å². The van der Waals surface area contributed by atoms with Crippen molar-refractivity contribution in [2.45, 2.75) is 19.9 Å². The molecule has 2 aromatic carbocycles. The topological polar surface area (TPSA) is 55.2 Å². The SMILES string of the molecule is CCc1ccccc1CNc1ccc([N+](=O)[O-])cc1. The average Bonchev–Trinajstić information content (AvgIpc) is 2.45. The van der Waals surface area contributed by atoms with Gasteiger partial charge in [0.15, 0.2) is 0 Å². The highest BCUT2D eigenvalue weighted by Crippen LogP contribution is 2.17. The number of non-ortho nitro benzene ring substituents is 1. The Morgan fingerprint density at radius 2 is 1.68 bits per heavy atom. The molecule has 0 bridgehead atoms. The van der Waals surface area contributed by atoms with Crippen LogP contribution in [0, 0.1) is 10.1 Å². The highest BCUT2D eigenvalue weighted by Gasteiger charge is 2.04. The maximum absolute atomic E-state index is 10.6. The average molecular weight is 256 g/mol. The molecule has 2 aromatic rings. The Bertz CT molecular complexity index is 565.